The number of carbonyl (C=O) groups excluding carboxylic acids is 2. The standard InChI is InChI=1S/C69H123N2O7P/c1-7-10-13-16-19-22-25-28-30-31-32-33-34-35-36-37-38-39-41-43-46-49-52-55-58-61-68(72)70-66(65-77-79(74,75)76-64-63-71(4,5)6)67(60-57-54-51-48-45-42-27-24-21-18-15-12-9-3)78-69(73)62-59-56-53-50-47-44-40-29-26-23-20-17-14-11-8-2/h10,13,19,22-23,26,28,30,32-33,35-36,38-39,57,60,66-67H,7-9,11-12,14-18,20-21,24-25,27,29,31,34,37,40-56,58-59,61-65H2,1-6H3,(H-,70,72,74,75)/p+1/b13-10-,22-19-,26-23-,30-28-,33-32-,36-35-,39-38-,60-57-. The van der Waals surface area contributed by atoms with Crippen molar-refractivity contribution in [1.29, 1.82) is 0 Å². The van der Waals surface area contributed by atoms with Crippen molar-refractivity contribution in [3.05, 3.63) is 97.2 Å². The van der Waals surface area contributed by atoms with Crippen molar-refractivity contribution >= 4 is 19.7 Å². The average molecular weight is 1120 g/mol. The highest BCUT2D eigenvalue weighted by atomic mass is 31.2. The number of amides is 1. The second-order valence-electron chi connectivity index (χ2n) is 22.9. The van der Waals surface area contributed by atoms with Crippen LogP contribution in [0.15, 0.2) is 97.2 Å². The third-order valence-corrected chi connectivity index (χ3v) is 15.0. The lowest BCUT2D eigenvalue weighted by molar-refractivity contribution is -0.870. The summed E-state index contributed by atoms with van der Waals surface area (Å²) in [4.78, 5) is 37.8. The van der Waals surface area contributed by atoms with Crippen molar-refractivity contribution in [2.45, 2.75) is 290 Å². The Morgan fingerprint density at radius 2 is 0.810 bits per heavy atom. The highest BCUT2D eigenvalue weighted by Crippen LogP contribution is 2.43. The second-order valence-corrected chi connectivity index (χ2v) is 24.4. The van der Waals surface area contributed by atoms with Crippen molar-refractivity contribution in [1.82, 2.24) is 5.32 Å². The molecule has 0 heterocycles. The molecule has 0 radical (unpaired) electrons. The molecule has 456 valence electrons. The third-order valence-electron chi connectivity index (χ3n) is 14.0. The van der Waals surface area contributed by atoms with Crippen LogP contribution in [0, 0.1) is 0 Å². The first-order valence-electron chi connectivity index (χ1n) is 32.6. The molecule has 0 aliphatic carbocycles. The number of quaternary nitrogens is 1. The van der Waals surface area contributed by atoms with Gasteiger partial charge >= 0.3 is 13.8 Å². The number of allylic oxidation sites excluding steroid dienone is 15. The number of ether oxygens (including phenoxy) is 1. The number of likely N-dealkylation sites (N-methyl/N-ethyl adjacent to an activating group) is 1. The number of nitrogens with zero attached hydrogens (tertiary/aromatic N) is 1. The van der Waals surface area contributed by atoms with E-state index in [0.717, 1.165) is 135 Å². The lowest BCUT2D eigenvalue weighted by Gasteiger charge is -2.27. The Bertz CT molecular complexity index is 1670. The van der Waals surface area contributed by atoms with Crippen LogP contribution >= 0.6 is 7.82 Å². The lowest BCUT2D eigenvalue weighted by atomic mass is 10.0. The van der Waals surface area contributed by atoms with Crippen LogP contribution in [0.3, 0.4) is 0 Å². The molecule has 0 aliphatic rings. The number of phosphoric ester groups is 1. The van der Waals surface area contributed by atoms with Gasteiger partial charge in [0, 0.05) is 12.8 Å². The normalized spacial score (nSPS) is 14.3. The second kappa shape index (κ2) is 58.1. The molecule has 79 heavy (non-hydrogen) atoms. The predicted molar refractivity (Wildman–Crippen MR) is 341 cm³/mol. The first-order chi connectivity index (χ1) is 38.4. The van der Waals surface area contributed by atoms with E-state index in [1.54, 1.807) is 0 Å². The lowest BCUT2D eigenvalue weighted by Crippen LogP contribution is -2.47. The van der Waals surface area contributed by atoms with Gasteiger partial charge in [-0.25, -0.2) is 4.57 Å². The number of phosphoric acid groups is 1. The topological polar surface area (TPSA) is 111 Å². The van der Waals surface area contributed by atoms with Gasteiger partial charge in [0.2, 0.25) is 5.91 Å². The fourth-order valence-electron chi connectivity index (χ4n) is 9.00. The van der Waals surface area contributed by atoms with Crippen molar-refractivity contribution in [3.8, 4) is 0 Å². The molecule has 0 fully saturated rings. The Kier molecular flexibility index (Phi) is 55.9. The number of rotatable bonds is 58. The van der Waals surface area contributed by atoms with E-state index >= 15 is 0 Å². The summed E-state index contributed by atoms with van der Waals surface area (Å²) in [5, 5.41) is 3.05. The van der Waals surface area contributed by atoms with Crippen LogP contribution in [0.1, 0.15) is 278 Å². The van der Waals surface area contributed by atoms with Gasteiger partial charge in [0.25, 0.3) is 0 Å². The zero-order chi connectivity index (χ0) is 57.9. The fraction of sp³-hybridized carbons (Fsp3) is 0.739. The summed E-state index contributed by atoms with van der Waals surface area (Å²) in [6.07, 6.45) is 78.3. The maximum Gasteiger partial charge on any atom is 0.472 e. The minimum Gasteiger partial charge on any atom is -0.456 e. The minimum atomic E-state index is -4.46. The molecule has 0 bridgehead atoms. The molecule has 9 nitrogen and oxygen atoms in total. The molecule has 2 N–H and O–H groups in total. The molecule has 0 rings (SSSR count). The number of carbonyl (C=O) groups is 2. The average Bonchev–Trinajstić information content (AvgIpc) is 3.41. The van der Waals surface area contributed by atoms with Crippen LogP contribution < -0.4 is 5.32 Å². The molecule has 3 unspecified atom stereocenters. The van der Waals surface area contributed by atoms with Gasteiger partial charge in [0.05, 0.1) is 33.8 Å². The quantitative estimate of drug-likeness (QED) is 0.0205. The highest BCUT2D eigenvalue weighted by molar-refractivity contribution is 7.47. The van der Waals surface area contributed by atoms with Crippen LogP contribution in [0.4, 0.5) is 0 Å². The molecule has 3 atom stereocenters. The molecule has 0 saturated heterocycles. The Balaban J connectivity index is 5.23. The fourth-order valence-corrected chi connectivity index (χ4v) is 9.73. The molecular weight excluding hydrogens is 1000 g/mol. The van der Waals surface area contributed by atoms with E-state index in [1.807, 2.05) is 33.3 Å². The number of esters is 1. The van der Waals surface area contributed by atoms with Crippen LogP contribution in [-0.2, 0) is 27.9 Å². The number of hydrogen-bond acceptors (Lipinski definition) is 6. The first-order valence-corrected chi connectivity index (χ1v) is 34.1. The Labute approximate surface area is 488 Å². The van der Waals surface area contributed by atoms with Crippen LogP contribution in [0.2, 0.25) is 0 Å². The van der Waals surface area contributed by atoms with Gasteiger partial charge in [-0.2, -0.15) is 0 Å². The summed E-state index contributed by atoms with van der Waals surface area (Å²) in [5.41, 5.74) is 0. The highest BCUT2D eigenvalue weighted by Gasteiger charge is 2.30. The van der Waals surface area contributed by atoms with Gasteiger partial charge in [-0.05, 0) is 109 Å². The largest absolute Gasteiger partial charge is 0.472 e. The van der Waals surface area contributed by atoms with Gasteiger partial charge in [0.15, 0.2) is 0 Å². The van der Waals surface area contributed by atoms with E-state index in [-0.39, 0.29) is 31.5 Å². The summed E-state index contributed by atoms with van der Waals surface area (Å²) in [6.45, 7) is 6.88. The molecule has 0 aromatic rings. The van der Waals surface area contributed by atoms with Gasteiger partial charge in [0.1, 0.15) is 19.3 Å². The van der Waals surface area contributed by atoms with E-state index in [4.69, 9.17) is 13.8 Å². The Hall–Kier alpha value is -3.07. The van der Waals surface area contributed by atoms with E-state index in [2.05, 4.69) is 111 Å². The molecule has 0 spiro atoms. The van der Waals surface area contributed by atoms with Gasteiger partial charge in [-0.15, -0.1) is 0 Å². The number of hydrogen-bond donors (Lipinski definition) is 2. The van der Waals surface area contributed by atoms with Gasteiger partial charge in [-0.1, -0.05) is 253 Å². The van der Waals surface area contributed by atoms with E-state index in [1.165, 1.54) is 109 Å². The van der Waals surface area contributed by atoms with Crippen molar-refractivity contribution in [3.63, 3.8) is 0 Å². The molecule has 10 heteroatoms. The molecule has 0 aliphatic heterocycles. The summed E-state index contributed by atoms with van der Waals surface area (Å²) in [6, 6.07) is -0.863. The summed E-state index contributed by atoms with van der Waals surface area (Å²) in [5.74, 6) is -0.527. The van der Waals surface area contributed by atoms with Crippen LogP contribution in [0.5, 0.6) is 0 Å². The molecule has 1 amide bonds. The monoisotopic (exact) mass is 1120 g/mol. The predicted octanol–water partition coefficient (Wildman–Crippen LogP) is 20.3. The smallest absolute Gasteiger partial charge is 0.456 e. The molecule has 0 aromatic carbocycles. The van der Waals surface area contributed by atoms with Crippen LogP contribution in [0.25, 0.3) is 0 Å². The van der Waals surface area contributed by atoms with Crippen LogP contribution in [-0.4, -0.2) is 74.3 Å². The third kappa shape index (κ3) is 59.4. The maximum absolute atomic E-state index is 13.6. The summed E-state index contributed by atoms with van der Waals surface area (Å²) in [7, 11) is 1.47. The number of nitrogens with one attached hydrogen (secondary N) is 1. The zero-order valence-electron chi connectivity index (χ0n) is 52.1. The zero-order valence-corrected chi connectivity index (χ0v) is 53.0. The first kappa shape index (κ1) is 75.9. The SMILES string of the molecule is CC/C=C\C/C=C\C/C=C\C/C=C\C/C=C\C/C=C\CCCCCCCCC(=O)NC(COP(=O)(O)OCC[N+](C)(C)C)C(/C=C\CCCCCCCCCCCCC)OC(=O)CCCCCCCCC/C=C\CCCCCC. The molecule has 0 saturated carbocycles. The Morgan fingerprint density at radius 3 is 1.24 bits per heavy atom. The van der Waals surface area contributed by atoms with E-state index < -0.39 is 20.0 Å². The van der Waals surface area contributed by atoms with Crippen molar-refractivity contribution in [2.24, 2.45) is 0 Å². The Morgan fingerprint density at radius 1 is 0.456 bits per heavy atom. The van der Waals surface area contributed by atoms with E-state index in [0.29, 0.717) is 17.4 Å². The molecule has 0 aromatic heterocycles. The maximum atomic E-state index is 13.6. The van der Waals surface area contributed by atoms with Crippen molar-refractivity contribution < 1.29 is 37.3 Å². The van der Waals surface area contributed by atoms with Gasteiger partial charge in [-0.3, -0.25) is 18.6 Å². The van der Waals surface area contributed by atoms with Crippen molar-refractivity contribution in [2.75, 3.05) is 40.9 Å². The molecular formula is C69H124N2O7P+. The number of unbranched alkanes of at least 4 members (excludes halogenated alkanes) is 28. The van der Waals surface area contributed by atoms with E-state index in [9.17, 15) is 19.0 Å². The summed E-state index contributed by atoms with van der Waals surface area (Å²) < 4.78 is 30.7. The van der Waals surface area contributed by atoms with Gasteiger partial charge < -0.3 is 19.4 Å². The summed E-state index contributed by atoms with van der Waals surface area (Å²) >= 11 is 0. The minimum absolute atomic E-state index is 0.0324.